The first kappa shape index (κ1) is 71.9. The second-order valence-electron chi connectivity index (χ2n) is 20.5. The van der Waals surface area contributed by atoms with Gasteiger partial charge >= 0.3 is 5.97 Å². The second kappa shape index (κ2) is 36.3. The molecule has 0 bridgehead atoms. The number of benzene rings is 1. The molecule has 0 spiro atoms. The van der Waals surface area contributed by atoms with Crippen LogP contribution < -0.4 is 76.1 Å². The molecule has 0 fully saturated rings. The number of nitrogens with two attached hydrogens (primary N) is 4. The van der Waals surface area contributed by atoms with Crippen LogP contribution in [0.1, 0.15) is 105 Å². The summed E-state index contributed by atoms with van der Waals surface area (Å²) in [5.74, 6) is -14.6. The molecule has 1 rings (SSSR count). The Morgan fingerprint density at radius 3 is 1.35 bits per heavy atom. The van der Waals surface area contributed by atoms with E-state index < -0.39 is 169 Å². The Bertz CT molecular complexity index is 2430. The molecule has 31 heteroatoms. The zero-order valence-electron chi connectivity index (χ0n) is 47.1. The molecule has 0 aliphatic heterocycles. The van der Waals surface area contributed by atoms with Crippen molar-refractivity contribution >= 4 is 95.4 Å². The number of carbonyl (C=O) groups excluding carboxylic acids is 13. The number of amides is 13. The predicted molar refractivity (Wildman–Crippen MR) is 297 cm³/mol. The van der Waals surface area contributed by atoms with Gasteiger partial charge in [0.1, 0.15) is 54.1 Å². The van der Waals surface area contributed by atoms with Crippen molar-refractivity contribution in [2.45, 2.75) is 161 Å². The molecule has 0 radical (unpaired) electrons. The fourth-order valence-electron chi connectivity index (χ4n) is 7.53. The third-order valence-corrected chi connectivity index (χ3v) is 12.7. The minimum absolute atomic E-state index is 0.0432. The fourth-order valence-corrected chi connectivity index (χ4v) is 7.79. The molecule has 30 nitrogen and oxygen atoms in total. The van der Waals surface area contributed by atoms with E-state index in [9.17, 15) is 77.3 Å². The lowest BCUT2D eigenvalue weighted by Crippen LogP contribution is -2.60. The highest BCUT2D eigenvalue weighted by atomic mass is 32.1. The number of hydrogen-bond acceptors (Lipinski definition) is 17. The molecule has 0 heterocycles. The van der Waals surface area contributed by atoms with Crippen LogP contribution in [0.4, 0.5) is 0 Å². The van der Waals surface area contributed by atoms with E-state index >= 15 is 0 Å². The van der Waals surface area contributed by atoms with E-state index in [0.717, 1.165) is 0 Å². The van der Waals surface area contributed by atoms with Crippen molar-refractivity contribution < 1.29 is 77.3 Å². The molecule has 0 aliphatic carbocycles. The first-order chi connectivity index (χ1) is 38.3. The molecule has 0 aromatic heterocycles. The molecule has 0 aliphatic rings. The van der Waals surface area contributed by atoms with Crippen molar-refractivity contribution in [2.24, 2.45) is 40.7 Å². The summed E-state index contributed by atoms with van der Waals surface area (Å²) in [7, 11) is 0. The highest BCUT2D eigenvalue weighted by Gasteiger charge is 2.34. The number of carboxylic acid groups (broad SMARTS) is 1. The summed E-state index contributed by atoms with van der Waals surface area (Å²) in [4.78, 5) is 181. The van der Waals surface area contributed by atoms with Gasteiger partial charge in [-0.3, -0.25) is 62.3 Å². The van der Waals surface area contributed by atoms with Crippen molar-refractivity contribution in [1.29, 1.82) is 0 Å². The van der Waals surface area contributed by atoms with Crippen molar-refractivity contribution in [1.82, 2.24) is 53.2 Å². The maximum absolute atomic E-state index is 13.9. The van der Waals surface area contributed by atoms with Gasteiger partial charge in [-0.1, -0.05) is 60.1 Å². The maximum atomic E-state index is 13.9. The van der Waals surface area contributed by atoms with E-state index in [-0.39, 0.29) is 61.4 Å². The molecule has 0 saturated carbocycles. The average molecular weight is 1180 g/mol. The van der Waals surface area contributed by atoms with Crippen LogP contribution in [0.15, 0.2) is 24.3 Å². The lowest BCUT2D eigenvalue weighted by atomic mass is 9.98. The second-order valence-corrected chi connectivity index (χ2v) is 20.8. The Morgan fingerprint density at radius 1 is 0.500 bits per heavy atom. The molecular weight excluding hydrogens is 1100 g/mol. The highest BCUT2D eigenvalue weighted by molar-refractivity contribution is 7.80. The van der Waals surface area contributed by atoms with Gasteiger partial charge in [0.25, 0.3) is 0 Å². The number of thiol groups is 1. The number of hydrogen-bond donors (Lipinski definition) is 17. The summed E-state index contributed by atoms with van der Waals surface area (Å²) >= 11 is 4.10. The van der Waals surface area contributed by atoms with Crippen LogP contribution >= 0.6 is 12.6 Å². The van der Waals surface area contributed by atoms with E-state index in [1.807, 2.05) is 0 Å². The number of aliphatic carboxylic acids is 1. The van der Waals surface area contributed by atoms with Crippen LogP contribution in [0.25, 0.3) is 0 Å². The van der Waals surface area contributed by atoms with Crippen LogP contribution in [0.5, 0.6) is 5.75 Å². The largest absolute Gasteiger partial charge is 0.508 e. The summed E-state index contributed by atoms with van der Waals surface area (Å²) in [6.07, 6.45) is -1.90. The minimum Gasteiger partial charge on any atom is -0.508 e. The summed E-state index contributed by atoms with van der Waals surface area (Å²) in [6, 6.07) is -6.98. The molecule has 20 N–H and O–H groups in total. The van der Waals surface area contributed by atoms with Gasteiger partial charge in [0.15, 0.2) is 0 Å². The third kappa shape index (κ3) is 27.9. The van der Waals surface area contributed by atoms with Gasteiger partial charge in [-0.15, -0.1) is 0 Å². The molecular formula is C51H82N14O16S. The van der Waals surface area contributed by atoms with E-state index in [2.05, 4.69) is 65.8 Å². The van der Waals surface area contributed by atoms with Crippen LogP contribution in [0, 0.1) is 17.8 Å². The Balaban J connectivity index is 3.10. The molecule has 1 aromatic carbocycles. The molecule has 458 valence electrons. The number of nitrogens with one attached hydrogen (secondary N) is 10. The van der Waals surface area contributed by atoms with Gasteiger partial charge in [-0.25, -0.2) is 4.79 Å². The Kier molecular flexibility index (Phi) is 31.8. The Hall–Kier alpha value is -8.09. The van der Waals surface area contributed by atoms with Gasteiger partial charge in [0.05, 0.1) is 25.6 Å². The first-order valence-corrected chi connectivity index (χ1v) is 27.1. The zero-order valence-corrected chi connectivity index (χ0v) is 48.0. The normalized spacial score (nSPS) is 14.7. The molecule has 10 atom stereocenters. The summed E-state index contributed by atoms with van der Waals surface area (Å²) in [5, 5.41) is 43.1. The summed E-state index contributed by atoms with van der Waals surface area (Å²) in [6.45, 7) is 10.1. The smallest absolute Gasteiger partial charge is 0.326 e. The highest BCUT2D eigenvalue weighted by Crippen LogP contribution is 2.14. The molecule has 0 unspecified atom stereocenters. The van der Waals surface area contributed by atoms with Gasteiger partial charge in [0.2, 0.25) is 76.8 Å². The SMILES string of the molecule is CC[C@H](C)[C@H](N)C(=O)N[C@@H](CCC(N)=O)C(=O)N[C@@H](C)C(=O)N[C@@H](CC(N)=O)C(=O)N[C@@H](CC(C)C)C(=O)N[C@@H](CCC(N)=O)C(=O)NCC(=O)N[C@@H](CS)C(=O)NCC(=O)N[C@@H](CC(C)C)C(=O)N[C@@H](Cc1ccc(O)cc1)C(=O)O. The summed E-state index contributed by atoms with van der Waals surface area (Å²) in [5.41, 5.74) is 22.5. The quantitative estimate of drug-likeness (QED) is 0.0276. The van der Waals surface area contributed by atoms with Crippen LogP contribution in [-0.2, 0) is 73.5 Å². The number of phenols is 1. The minimum atomic E-state index is -1.75. The van der Waals surface area contributed by atoms with Crippen LogP contribution in [-0.4, -0.2) is 166 Å². The van der Waals surface area contributed by atoms with Crippen molar-refractivity contribution in [3.8, 4) is 5.75 Å². The monoisotopic (exact) mass is 1180 g/mol. The molecule has 13 amide bonds. The topological polar surface area (TPSA) is 504 Å². The van der Waals surface area contributed by atoms with Gasteiger partial charge in [0, 0.05) is 25.0 Å². The van der Waals surface area contributed by atoms with Crippen molar-refractivity contribution in [3.05, 3.63) is 29.8 Å². The lowest BCUT2D eigenvalue weighted by molar-refractivity contribution is -0.142. The number of phenolic OH excluding ortho intramolecular Hbond substituents is 1. The fraction of sp³-hybridized carbons (Fsp3) is 0.608. The third-order valence-electron chi connectivity index (χ3n) is 12.3. The van der Waals surface area contributed by atoms with Gasteiger partial charge < -0.3 is 86.3 Å². The molecule has 0 saturated heterocycles. The Labute approximate surface area is 480 Å². The standard InChI is InChI=1S/C51H82N14O16S/c1-8-26(6)42(55)50(79)62-31(14-16-38(53)68)46(75)58-27(7)43(72)63-34(20-39(54)69)49(78)64-33(18-25(4)5)48(77)61-30(13-15-37(52)67)44(73)56-22-41(71)60-36(23-82)45(74)57-21-40(70)59-32(17-24(2)3)47(76)65-35(51(80)81)19-28-9-11-29(66)12-10-28/h9-12,24-27,30-36,42,66,82H,8,13-23,55H2,1-7H3,(H2,52,67)(H2,53,68)(H2,54,69)(H,56,73)(H,57,74)(H,58,75)(H,59,70)(H,60,71)(H,61,77)(H,62,79)(H,63,72)(H,64,78)(H,65,76)(H,80,81)/t26-,27-,30-,31-,32-,33-,34-,35-,36-,42-/m0/s1. The number of carboxylic acids is 1. The lowest BCUT2D eigenvalue weighted by Gasteiger charge is -2.27. The Morgan fingerprint density at radius 2 is 0.902 bits per heavy atom. The molecule has 1 aromatic rings. The number of primary amides is 3. The number of carbonyl (C=O) groups is 14. The first-order valence-electron chi connectivity index (χ1n) is 26.5. The number of aromatic hydroxyl groups is 1. The maximum Gasteiger partial charge on any atom is 0.326 e. The van der Waals surface area contributed by atoms with Crippen LogP contribution in [0.2, 0.25) is 0 Å². The van der Waals surface area contributed by atoms with Gasteiger partial charge in [-0.05, 0) is 68.1 Å². The van der Waals surface area contributed by atoms with E-state index in [4.69, 9.17) is 22.9 Å². The predicted octanol–water partition coefficient (Wildman–Crippen LogP) is -5.05. The molecule has 82 heavy (non-hydrogen) atoms. The van der Waals surface area contributed by atoms with Crippen molar-refractivity contribution in [3.63, 3.8) is 0 Å². The van der Waals surface area contributed by atoms with E-state index in [1.54, 1.807) is 41.5 Å². The van der Waals surface area contributed by atoms with Gasteiger partial charge in [-0.2, -0.15) is 12.6 Å². The summed E-state index contributed by atoms with van der Waals surface area (Å²) < 4.78 is 0. The van der Waals surface area contributed by atoms with Crippen LogP contribution in [0.3, 0.4) is 0 Å². The average Bonchev–Trinajstić information content (AvgIpc) is 3.39. The zero-order chi connectivity index (χ0) is 62.6. The van der Waals surface area contributed by atoms with E-state index in [1.165, 1.54) is 31.2 Å². The number of rotatable bonds is 38. The van der Waals surface area contributed by atoms with E-state index in [0.29, 0.717) is 12.0 Å². The van der Waals surface area contributed by atoms with Crippen molar-refractivity contribution in [2.75, 3.05) is 18.8 Å².